The summed E-state index contributed by atoms with van der Waals surface area (Å²) >= 11 is 0. The molecule has 2 aromatic rings. The van der Waals surface area contributed by atoms with Gasteiger partial charge in [-0.2, -0.15) is 0 Å². The van der Waals surface area contributed by atoms with Crippen molar-refractivity contribution < 1.29 is 9.53 Å². The van der Waals surface area contributed by atoms with Gasteiger partial charge in [-0.15, -0.1) is 0 Å². The Bertz CT molecular complexity index is 699. The molecule has 1 saturated heterocycles. The molecule has 1 atom stereocenters. The van der Waals surface area contributed by atoms with Crippen LogP contribution in [0.4, 0.5) is 5.69 Å². The third kappa shape index (κ3) is 5.56. The highest BCUT2D eigenvalue weighted by Gasteiger charge is 2.22. The zero-order chi connectivity index (χ0) is 18.2. The maximum Gasteiger partial charge on any atom is 0.224 e. The van der Waals surface area contributed by atoms with E-state index >= 15 is 0 Å². The van der Waals surface area contributed by atoms with E-state index in [-0.39, 0.29) is 5.91 Å². The molecule has 1 aliphatic heterocycles. The van der Waals surface area contributed by atoms with Crippen molar-refractivity contribution in [1.82, 2.24) is 10.3 Å². The van der Waals surface area contributed by atoms with Crippen molar-refractivity contribution in [2.24, 2.45) is 11.8 Å². The van der Waals surface area contributed by atoms with Gasteiger partial charge in [-0.25, -0.2) is 0 Å². The predicted octanol–water partition coefficient (Wildman–Crippen LogP) is 3.62. The third-order valence-corrected chi connectivity index (χ3v) is 4.94. The Kier molecular flexibility index (Phi) is 6.61. The smallest absolute Gasteiger partial charge is 0.224 e. The van der Waals surface area contributed by atoms with Crippen LogP contribution in [0.5, 0.6) is 5.75 Å². The lowest BCUT2D eigenvalue weighted by Gasteiger charge is -2.27. The summed E-state index contributed by atoms with van der Waals surface area (Å²) in [5, 5.41) is 6.38. The summed E-state index contributed by atoms with van der Waals surface area (Å²) in [4.78, 5) is 16.5. The Morgan fingerprint density at radius 1 is 1.31 bits per heavy atom. The van der Waals surface area contributed by atoms with Gasteiger partial charge < -0.3 is 15.4 Å². The molecule has 5 nitrogen and oxygen atoms in total. The molecule has 2 heterocycles. The number of nitrogens with one attached hydrogen (secondary N) is 2. The molecule has 1 aromatic heterocycles. The minimum atomic E-state index is 0.0699. The summed E-state index contributed by atoms with van der Waals surface area (Å²) in [5.74, 6) is 1.84. The van der Waals surface area contributed by atoms with E-state index in [2.05, 4.69) is 22.5 Å². The predicted molar refractivity (Wildman–Crippen MR) is 103 cm³/mol. The monoisotopic (exact) mass is 353 g/mol. The van der Waals surface area contributed by atoms with Crippen LogP contribution in [0.3, 0.4) is 0 Å². The Morgan fingerprint density at radius 2 is 2.15 bits per heavy atom. The lowest BCUT2D eigenvalue weighted by molar-refractivity contribution is -0.117. The molecule has 0 aliphatic carbocycles. The van der Waals surface area contributed by atoms with Gasteiger partial charge in [-0.3, -0.25) is 9.78 Å². The number of carbonyl (C=O) groups excluding carboxylic acids is 1. The Labute approximate surface area is 155 Å². The Hall–Kier alpha value is -2.40. The SMILES string of the molecule is CC(CC(=O)Nc1cccc(OCc2cccnc2)c1)C1CCNCC1. The van der Waals surface area contributed by atoms with Gasteiger partial charge in [0.1, 0.15) is 12.4 Å². The number of carbonyl (C=O) groups is 1. The highest BCUT2D eigenvalue weighted by atomic mass is 16.5. The van der Waals surface area contributed by atoms with Crippen LogP contribution >= 0.6 is 0 Å². The number of nitrogens with zero attached hydrogens (tertiary/aromatic N) is 1. The van der Waals surface area contributed by atoms with Crippen molar-refractivity contribution >= 4 is 11.6 Å². The molecule has 3 rings (SSSR count). The highest BCUT2D eigenvalue weighted by Crippen LogP contribution is 2.25. The van der Waals surface area contributed by atoms with Gasteiger partial charge in [0.25, 0.3) is 0 Å². The molecule has 1 unspecified atom stereocenters. The number of hydrogen-bond donors (Lipinski definition) is 2. The summed E-state index contributed by atoms with van der Waals surface area (Å²) in [6, 6.07) is 11.4. The van der Waals surface area contributed by atoms with Gasteiger partial charge in [-0.1, -0.05) is 19.1 Å². The van der Waals surface area contributed by atoms with E-state index in [9.17, 15) is 4.79 Å². The van der Waals surface area contributed by atoms with Crippen LogP contribution in [0.25, 0.3) is 0 Å². The first-order valence-electron chi connectivity index (χ1n) is 9.33. The van der Waals surface area contributed by atoms with Crippen LogP contribution in [0, 0.1) is 11.8 Å². The van der Waals surface area contributed by atoms with Gasteiger partial charge in [0.15, 0.2) is 0 Å². The summed E-state index contributed by atoms with van der Waals surface area (Å²) in [6.07, 6.45) is 6.40. The molecule has 0 spiro atoms. The highest BCUT2D eigenvalue weighted by molar-refractivity contribution is 5.91. The first-order valence-corrected chi connectivity index (χ1v) is 9.33. The van der Waals surface area contributed by atoms with Crippen molar-refractivity contribution in [2.45, 2.75) is 32.8 Å². The molecule has 2 N–H and O–H groups in total. The van der Waals surface area contributed by atoms with E-state index in [0.29, 0.717) is 24.9 Å². The molecular weight excluding hydrogens is 326 g/mol. The number of ether oxygens (including phenoxy) is 1. The number of aromatic nitrogens is 1. The van der Waals surface area contributed by atoms with Crippen LogP contribution in [-0.2, 0) is 11.4 Å². The second-order valence-electron chi connectivity index (χ2n) is 6.99. The molecule has 0 bridgehead atoms. The van der Waals surface area contributed by atoms with E-state index in [1.165, 1.54) is 0 Å². The summed E-state index contributed by atoms with van der Waals surface area (Å²) < 4.78 is 5.79. The maximum absolute atomic E-state index is 12.4. The van der Waals surface area contributed by atoms with Gasteiger partial charge in [0.05, 0.1) is 0 Å². The van der Waals surface area contributed by atoms with Crippen molar-refractivity contribution in [3.05, 3.63) is 54.4 Å². The number of hydrogen-bond acceptors (Lipinski definition) is 4. The van der Waals surface area contributed by atoms with Gasteiger partial charge in [0, 0.05) is 36.1 Å². The van der Waals surface area contributed by atoms with Gasteiger partial charge >= 0.3 is 0 Å². The number of rotatable bonds is 7. The van der Waals surface area contributed by atoms with Crippen LogP contribution in [0.15, 0.2) is 48.8 Å². The molecule has 0 saturated carbocycles. The van der Waals surface area contributed by atoms with Crippen molar-refractivity contribution in [1.29, 1.82) is 0 Å². The summed E-state index contributed by atoms with van der Waals surface area (Å²) in [7, 11) is 0. The van der Waals surface area contributed by atoms with E-state index < -0.39 is 0 Å². The molecule has 0 radical (unpaired) electrons. The molecule has 1 fully saturated rings. The molecule has 138 valence electrons. The van der Waals surface area contributed by atoms with Crippen LogP contribution in [-0.4, -0.2) is 24.0 Å². The fourth-order valence-electron chi connectivity index (χ4n) is 3.40. The number of benzene rings is 1. The zero-order valence-electron chi connectivity index (χ0n) is 15.3. The van der Waals surface area contributed by atoms with Gasteiger partial charge in [0.2, 0.25) is 5.91 Å². The minimum absolute atomic E-state index is 0.0699. The third-order valence-electron chi connectivity index (χ3n) is 4.94. The normalized spacial score (nSPS) is 16.0. The van der Waals surface area contributed by atoms with Crippen molar-refractivity contribution in [2.75, 3.05) is 18.4 Å². The van der Waals surface area contributed by atoms with E-state index in [1.54, 1.807) is 12.4 Å². The number of pyridine rings is 1. The molecule has 1 aliphatic rings. The lowest BCUT2D eigenvalue weighted by Crippen LogP contribution is -2.32. The molecule has 5 heteroatoms. The van der Waals surface area contributed by atoms with Crippen LogP contribution in [0.2, 0.25) is 0 Å². The standard InChI is InChI=1S/C21H27N3O2/c1-16(18-7-10-22-11-8-18)12-21(25)24-19-5-2-6-20(13-19)26-15-17-4-3-9-23-14-17/h2-6,9,13-14,16,18,22H,7-8,10-12,15H2,1H3,(H,24,25). The Balaban J connectivity index is 1.50. The van der Waals surface area contributed by atoms with E-state index in [0.717, 1.165) is 42.9 Å². The van der Waals surface area contributed by atoms with Crippen molar-refractivity contribution in [3.8, 4) is 5.75 Å². The average molecular weight is 353 g/mol. The molecule has 26 heavy (non-hydrogen) atoms. The minimum Gasteiger partial charge on any atom is -0.489 e. The number of piperidine rings is 1. The largest absolute Gasteiger partial charge is 0.489 e. The fraction of sp³-hybridized carbons (Fsp3) is 0.429. The van der Waals surface area contributed by atoms with E-state index in [4.69, 9.17) is 4.74 Å². The average Bonchev–Trinajstić information content (AvgIpc) is 2.68. The molecule has 1 amide bonds. The molecule has 1 aromatic carbocycles. The number of amides is 1. The fourth-order valence-corrected chi connectivity index (χ4v) is 3.40. The summed E-state index contributed by atoms with van der Waals surface area (Å²) in [6.45, 7) is 4.76. The number of anilines is 1. The lowest BCUT2D eigenvalue weighted by atomic mass is 9.84. The molecular formula is C21H27N3O2. The first-order chi connectivity index (χ1) is 12.7. The quantitative estimate of drug-likeness (QED) is 0.798. The zero-order valence-corrected chi connectivity index (χ0v) is 15.3. The van der Waals surface area contributed by atoms with Crippen molar-refractivity contribution in [3.63, 3.8) is 0 Å². The van der Waals surface area contributed by atoms with Crippen LogP contribution in [0.1, 0.15) is 31.7 Å². The first kappa shape index (κ1) is 18.4. The second kappa shape index (κ2) is 9.34. The second-order valence-corrected chi connectivity index (χ2v) is 6.99. The maximum atomic E-state index is 12.4. The van der Waals surface area contributed by atoms with E-state index in [1.807, 2.05) is 36.4 Å². The van der Waals surface area contributed by atoms with Crippen LogP contribution < -0.4 is 15.4 Å². The topological polar surface area (TPSA) is 63.2 Å². The van der Waals surface area contributed by atoms with Gasteiger partial charge in [-0.05, 0) is 56.0 Å². The summed E-state index contributed by atoms with van der Waals surface area (Å²) in [5.41, 5.74) is 1.79. The Morgan fingerprint density at radius 3 is 2.92 bits per heavy atom.